The van der Waals surface area contributed by atoms with Crippen LogP contribution in [0.25, 0.3) is 22.8 Å². The summed E-state index contributed by atoms with van der Waals surface area (Å²) < 4.78 is 8.31. The second-order valence-corrected chi connectivity index (χ2v) is 8.74. The molecule has 6 rings (SSSR count). The minimum atomic E-state index is 0.548. The van der Waals surface area contributed by atoms with Crippen LogP contribution in [-0.4, -0.2) is 63.2 Å². The summed E-state index contributed by atoms with van der Waals surface area (Å²) in [6.07, 6.45) is 11.0. The number of pyridine rings is 2. The molecule has 0 aliphatic carbocycles. The highest BCUT2D eigenvalue weighted by Gasteiger charge is 2.30. The van der Waals surface area contributed by atoms with Crippen LogP contribution in [0.15, 0.2) is 42.9 Å². The van der Waals surface area contributed by atoms with E-state index in [4.69, 9.17) is 14.7 Å². The second-order valence-electron chi connectivity index (χ2n) is 8.74. The molecule has 0 aromatic carbocycles. The molecule has 0 N–H and O–H groups in total. The molecule has 0 radical (unpaired) electrons. The van der Waals surface area contributed by atoms with E-state index in [9.17, 15) is 0 Å². The molecule has 1 unspecified atom stereocenters. The first kappa shape index (κ1) is 18.8. The van der Waals surface area contributed by atoms with Crippen molar-refractivity contribution in [1.29, 1.82) is 0 Å². The number of nitrogens with zero attached hydrogens (tertiary/aromatic N) is 6. The minimum Gasteiger partial charge on any atom is -0.491 e. The molecule has 31 heavy (non-hydrogen) atoms. The van der Waals surface area contributed by atoms with Crippen molar-refractivity contribution in [3.63, 3.8) is 0 Å². The van der Waals surface area contributed by atoms with Gasteiger partial charge in [0, 0.05) is 43.8 Å². The van der Waals surface area contributed by atoms with Gasteiger partial charge in [0.1, 0.15) is 29.7 Å². The monoisotopic (exact) mass is 416 g/mol. The van der Waals surface area contributed by atoms with Gasteiger partial charge in [-0.05, 0) is 50.9 Å². The quantitative estimate of drug-likeness (QED) is 0.649. The molecule has 6 heterocycles. The van der Waals surface area contributed by atoms with Crippen LogP contribution in [0.2, 0.25) is 0 Å². The molecule has 2 fully saturated rings. The van der Waals surface area contributed by atoms with E-state index in [0.717, 1.165) is 54.0 Å². The Morgan fingerprint density at radius 1 is 1.00 bits per heavy atom. The Bertz CT molecular complexity index is 1060. The zero-order valence-corrected chi connectivity index (χ0v) is 17.8. The van der Waals surface area contributed by atoms with E-state index in [1.165, 1.54) is 38.8 Å². The highest BCUT2D eigenvalue weighted by atomic mass is 16.5. The van der Waals surface area contributed by atoms with Crippen molar-refractivity contribution in [2.45, 2.75) is 38.3 Å². The van der Waals surface area contributed by atoms with Crippen LogP contribution in [-0.2, 0) is 6.54 Å². The van der Waals surface area contributed by atoms with Crippen molar-refractivity contribution in [3.8, 4) is 28.5 Å². The van der Waals surface area contributed by atoms with Gasteiger partial charge in [-0.2, -0.15) is 0 Å². The fourth-order valence-corrected chi connectivity index (χ4v) is 5.15. The molecule has 2 saturated heterocycles. The molecule has 7 nitrogen and oxygen atoms in total. The molecule has 3 aromatic rings. The molecule has 7 heteroatoms. The molecular weight excluding hydrogens is 388 g/mol. The smallest absolute Gasteiger partial charge is 0.146 e. The van der Waals surface area contributed by atoms with Crippen LogP contribution in [0.4, 0.5) is 5.82 Å². The molecule has 0 bridgehead atoms. The standard InChI is InChI=1S/C24H28N6O/c1-2-8-25-20(7-1)21-17-29-12-13-31-22-14-23(26-15-19(22)24(29)27-21)30-11-5-6-18(30)16-28-9-3-4-10-28/h1-2,7-8,14-15,17-18H,3-6,9-13,16H2. The van der Waals surface area contributed by atoms with Crippen LogP contribution >= 0.6 is 0 Å². The third-order valence-electron chi connectivity index (χ3n) is 6.73. The molecule has 3 aromatic heterocycles. The predicted molar refractivity (Wildman–Crippen MR) is 120 cm³/mol. The van der Waals surface area contributed by atoms with Crippen molar-refractivity contribution in [3.05, 3.63) is 42.9 Å². The fraction of sp³-hybridized carbons (Fsp3) is 0.458. The van der Waals surface area contributed by atoms with Gasteiger partial charge in [-0.25, -0.2) is 9.97 Å². The summed E-state index contributed by atoms with van der Waals surface area (Å²) >= 11 is 0. The Morgan fingerprint density at radius 3 is 2.81 bits per heavy atom. The number of aromatic nitrogens is 4. The van der Waals surface area contributed by atoms with Crippen LogP contribution in [0.5, 0.6) is 5.75 Å². The largest absolute Gasteiger partial charge is 0.491 e. The van der Waals surface area contributed by atoms with E-state index in [0.29, 0.717) is 12.6 Å². The molecular formula is C24H28N6O. The number of rotatable bonds is 4. The number of hydrogen-bond acceptors (Lipinski definition) is 6. The van der Waals surface area contributed by atoms with Crippen LogP contribution in [0, 0.1) is 0 Å². The maximum absolute atomic E-state index is 6.15. The Hall–Kier alpha value is -2.93. The summed E-state index contributed by atoms with van der Waals surface area (Å²) in [5, 5.41) is 0. The first-order chi connectivity index (χ1) is 15.3. The average molecular weight is 417 g/mol. The highest BCUT2D eigenvalue weighted by molar-refractivity contribution is 5.70. The lowest BCUT2D eigenvalue weighted by molar-refractivity contribution is 0.305. The number of ether oxygens (including phenoxy) is 1. The van der Waals surface area contributed by atoms with E-state index < -0.39 is 0 Å². The summed E-state index contributed by atoms with van der Waals surface area (Å²) in [6.45, 7) is 6.10. The minimum absolute atomic E-state index is 0.548. The van der Waals surface area contributed by atoms with Crippen molar-refractivity contribution in [2.24, 2.45) is 0 Å². The average Bonchev–Trinajstić information content (AvgIpc) is 3.55. The van der Waals surface area contributed by atoms with Crippen molar-refractivity contribution in [2.75, 3.05) is 37.7 Å². The number of likely N-dealkylation sites (tertiary alicyclic amines) is 1. The van der Waals surface area contributed by atoms with Gasteiger partial charge in [-0.1, -0.05) is 6.07 Å². The zero-order valence-electron chi connectivity index (χ0n) is 17.8. The predicted octanol–water partition coefficient (Wildman–Crippen LogP) is 3.46. The summed E-state index contributed by atoms with van der Waals surface area (Å²) in [7, 11) is 0. The fourth-order valence-electron chi connectivity index (χ4n) is 5.15. The van der Waals surface area contributed by atoms with Crippen molar-refractivity contribution >= 4 is 5.82 Å². The highest BCUT2D eigenvalue weighted by Crippen LogP contribution is 2.36. The summed E-state index contributed by atoms with van der Waals surface area (Å²) in [5.41, 5.74) is 2.73. The normalized spacial score (nSPS) is 20.9. The van der Waals surface area contributed by atoms with Crippen LogP contribution < -0.4 is 9.64 Å². The van der Waals surface area contributed by atoms with Gasteiger partial charge in [-0.15, -0.1) is 0 Å². The lowest BCUT2D eigenvalue weighted by Crippen LogP contribution is -2.39. The second kappa shape index (κ2) is 7.96. The zero-order chi connectivity index (χ0) is 20.6. The molecule has 3 aliphatic rings. The maximum atomic E-state index is 6.15. The van der Waals surface area contributed by atoms with Crippen molar-refractivity contribution < 1.29 is 4.74 Å². The number of anilines is 1. The van der Waals surface area contributed by atoms with E-state index in [1.807, 2.05) is 24.4 Å². The Morgan fingerprint density at radius 2 is 1.94 bits per heavy atom. The summed E-state index contributed by atoms with van der Waals surface area (Å²) in [5.74, 6) is 2.82. The van der Waals surface area contributed by atoms with Crippen LogP contribution in [0.1, 0.15) is 25.7 Å². The third-order valence-corrected chi connectivity index (χ3v) is 6.73. The van der Waals surface area contributed by atoms with Gasteiger partial charge in [0.15, 0.2) is 0 Å². The Kier molecular flexibility index (Phi) is 4.83. The van der Waals surface area contributed by atoms with Crippen molar-refractivity contribution in [1.82, 2.24) is 24.4 Å². The van der Waals surface area contributed by atoms with E-state index in [1.54, 1.807) is 6.20 Å². The van der Waals surface area contributed by atoms with Gasteiger partial charge < -0.3 is 19.1 Å². The molecule has 1 atom stereocenters. The summed E-state index contributed by atoms with van der Waals surface area (Å²) in [4.78, 5) is 19.3. The van der Waals surface area contributed by atoms with E-state index in [2.05, 4.69) is 31.6 Å². The van der Waals surface area contributed by atoms with Gasteiger partial charge >= 0.3 is 0 Å². The molecule has 160 valence electrons. The van der Waals surface area contributed by atoms with E-state index >= 15 is 0 Å². The number of imidazole rings is 1. The molecule has 0 saturated carbocycles. The van der Waals surface area contributed by atoms with Gasteiger partial charge in [0.25, 0.3) is 0 Å². The SMILES string of the molecule is c1ccc(-c2cn3c(n2)-c2cnc(N4CCCC4CN4CCCC4)cc2OCC3)nc1. The van der Waals surface area contributed by atoms with E-state index in [-0.39, 0.29) is 0 Å². The maximum Gasteiger partial charge on any atom is 0.146 e. The first-order valence-corrected chi connectivity index (χ1v) is 11.5. The third kappa shape index (κ3) is 3.57. The lowest BCUT2D eigenvalue weighted by atomic mass is 10.2. The molecule has 0 spiro atoms. The lowest BCUT2D eigenvalue weighted by Gasteiger charge is -2.29. The molecule has 3 aliphatic heterocycles. The Balaban J connectivity index is 1.30. The van der Waals surface area contributed by atoms with Crippen LogP contribution in [0.3, 0.4) is 0 Å². The topological polar surface area (TPSA) is 59.3 Å². The number of fused-ring (bicyclic) bond motifs is 3. The molecule has 0 amide bonds. The van der Waals surface area contributed by atoms with Gasteiger partial charge in [-0.3, -0.25) is 4.98 Å². The summed E-state index contributed by atoms with van der Waals surface area (Å²) in [6, 6.07) is 8.59. The van der Waals surface area contributed by atoms with Gasteiger partial charge in [0.05, 0.1) is 17.8 Å². The first-order valence-electron chi connectivity index (χ1n) is 11.5. The van der Waals surface area contributed by atoms with Gasteiger partial charge in [0.2, 0.25) is 0 Å². The number of hydrogen-bond donors (Lipinski definition) is 0. The Labute approximate surface area is 182 Å².